The first kappa shape index (κ1) is 21.2. The number of ether oxygens (including phenoxy) is 1. The molecule has 0 aromatic heterocycles. The van der Waals surface area contributed by atoms with Gasteiger partial charge in [0.2, 0.25) is 5.91 Å². The summed E-state index contributed by atoms with van der Waals surface area (Å²) in [5.74, 6) is 0.0315. The van der Waals surface area contributed by atoms with Gasteiger partial charge in [0, 0.05) is 43.5 Å². The highest BCUT2D eigenvalue weighted by molar-refractivity contribution is 8.18. The van der Waals surface area contributed by atoms with Gasteiger partial charge in [0.1, 0.15) is 12.3 Å². The predicted molar refractivity (Wildman–Crippen MR) is 115 cm³/mol. The van der Waals surface area contributed by atoms with Crippen LogP contribution in [0, 0.1) is 0 Å². The van der Waals surface area contributed by atoms with Crippen LogP contribution >= 0.6 is 11.8 Å². The lowest BCUT2D eigenvalue weighted by molar-refractivity contribution is -0.135. The zero-order chi connectivity index (χ0) is 21.0. The Morgan fingerprint density at radius 3 is 2.52 bits per heavy atom. The second kappa shape index (κ2) is 9.35. The van der Waals surface area contributed by atoms with Gasteiger partial charge in [-0.25, -0.2) is 0 Å². The van der Waals surface area contributed by atoms with Crippen molar-refractivity contribution in [3.8, 4) is 5.75 Å². The van der Waals surface area contributed by atoms with Gasteiger partial charge in [-0.15, -0.1) is 0 Å². The van der Waals surface area contributed by atoms with Gasteiger partial charge < -0.3 is 14.5 Å². The summed E-state index contributed by atoms with van der Waals surface area (Å²) in [4.78, 5) is 42.7. The lowest BCUT2D eigenvalue weighted by atomic mass is 10.1. The molecule has 0 bridgehead atoms. The second-order valence-electron chi connectivity index (χ2n) is 6.95. The van der Waals surface area contributed by atoms with E-state index in [9.17, 15) is 14.4 Å². The van der Waals surface area contributed by atoms with E-state index < -0.39 is 11.1 Å². The maximum atomic E-state index is 12.7. The number of imide groups is 1. The smallest absolute Gasteiger partial charge is 0.294 e. The molecule has 0 atom stereocenters. The van der Waals surface area contributed by atoms with E-state index in [0.29, 0.717) is 23.7 Å². The molecule has 0 N–H and O–H groups in total. The average Bonchev–Trinajstić information content (AvgIpc) is 3.35. The Hall–Kier alpha value is -2.48. The molecule has 29 heavy (non-hydrogen) atoms. The molecule has 0 saturated carbocycles. The van der Waals surface area contributed by atoms with Crippen LogP contribution in [0.25, 0.3) is 6.08 Å². The maximum Gasteiger partial charge on any atom is 0.294 e. The van der Waals surface area contributed by atoms with Crippen LogP contribution in [-0.2, 0) is 9.59 Å². The Bertz CT molecular complexity index is 829. The molecule has 1 aromatic carbocycles. The molecule has 7 nitrogen and oxygen atoms in total. The fraction of sp³-hybridized carbons (Fsp3) is 0.476. The monoisotopic (exact) mass is 417 g/mol. The summed E-state index contributed by atoms with van der Waals surface area (Å²) >= 11 is 0.862. The minimum absolute atomic E-state index is 0.174. The average molecular weight is 418 g/mol. The minimum Gasteiger partial charge on any atom is -0.496 e. The highest BCUT2D eigenvalue weighted by Crippen LogP contribution is 2.35. The second-order valence-corrected chi connectivity index (χ2v) is 7.95. The van der Waals surface area contributed by atoms with Crippen LogP contribution in [0.5, 0.6) is 5.75 Å². The molecule has 2 fully saturated rings. The van der Waals surface area contributed by atoms with Crippen LogP contribution in [0.2, 0.25) is 0 Å². The Kier molecular flexibility index (Phi) is 6.84. The Labute approximate surface area is 175 Å². The van der Waals surface area contributed by atoms with Gasteiger partial charge in [0.15, 0.2) is 0 Å². The van der Waals surface area contributed by atoms with Crippen molar-refractivity contribution in [3.05, 3.63) is 28.7 Å². The van der Waals surface area contributed by atoms with E-state index in [0.717, 1.165) is 53.8 Å². The van der Waals surface area contributed by atoms with Crippen molar-refractivity contribution < 1.29 is 19.1 Å². The summed E-state index contributed by atoms with van der Waals surface area (Å²) in [6, 6.07) is 5.79. The highest BCUT2D eigenvalue weighted by atomic mass is 32.2. The third kappa shape index (κ3) is 4.58. The number of rotatable bonds is 7. The number of carbonyl (C=O) groups is 3. The van der Waals surface area contributed by atoms with Gasteiger partial charge in [-0.05, 0) is 56.7 Å². The molecule has 0 unspecified atom stereocenters. The summed E-state index contributed by atoms with van der Waals surface area (Å²) in [6.07, 6.45) is 3.60. The van der Waals surface area contributed by atoms with E-state index in [1.165, 1.54) is 0 Å². The molecule has 156 valence electrons. The van der Waals surface area contributed by atoms with Crippen molar-refractivity contribution in [2.45, 2.75) is 26.7 Å². The Morgan fingerprint density at radius 2 is 1.90 bits per heavy atom. The summed E-state index contributed by atoms with van der Waals surface area (Å²) < 4.78 is 5.51. The van der Waals surface area contributed by atoms with Crippen LogP contribution in [0.1, 0.15) is 32.3 Å². The lowest BCUT2D eigenvalue weighted by Gasteiger charge is -2.22. The number of benzene rings is 1. The quantitative estimate of drug-likeness (QED) is 0.635. The van der Waals surface area contributed by atoms with Gasteiger partial charge in [0.25, 0.3) is 11.1 Å². The summed E-state index contributed by atoms with van der Waals surface area (Å²) in [6.45, 7) is 7.13. The van der Waals surface area contributed by atoms with Gasteiger partial charge >= 0.3 is 0 Å². The normalized spacial score (nSPS) is 18.1. The van der Waals surface area contributed by atoms with E-state index in [1.807, 2.05) is 18.2 Å². The maximum absolute atomic E-state index is 12.7. The first-order valence-corrected chi connectivity index (χ1v) is 10.8. The zero-order valence-electron chi connectivity index (χ0n) is 17.1. The molecule has 2 aliphatic heterocycles. The molecular weight excluding hydrogens is 390 g/mol. The summed E-state index contributed by atoms with van der Waals surface area (Å²) in [5, 5.41) is -0.410. The van der Waals surface area contributed by atoms with Crippen LogP contribution in [0.4, 0.5) is 10.5 Å². The lowest BCUT2D eigenvalue weighted by Crippen LogP contribution is -2.40. The van der Waals surface area contributed by atoms with Crippen molar-refractivity contribution >= 4 is 40.6 Å². The highest BCUT2D eigenvalue weighted by Gasteiger charge is 2.37. The van der Waals surface area contributed by atoms with Gasteiger partial charge in [0.05, 0.1) is 12.0 Å². The number of methoxy groups -OCH3 is 1. The summed E-state index contributed by atoms with van der Waals surface area (Å²) in [5.41, 5.74) is 1.76. The minimum atomic E-state index is -0.428. The Morgan fingerprint density at radius 1 is 1.21 bits per heavy atom. The van der Waals surface area contributed by atoms with E-state index >= 15 is 0 Å². The number of hydrogen-bond donors (Lipinski definition) is 0. The molecule has 0 spiro atoms. The van der Waals surface area contributed by atoms with Gasteiger partial charge in [-0.1, -0.05) is 0 Å². The standard InChI is InChI=1S/C21H27N3O4S/c1-4-22(5-2)16-9-8-15(17(13-16)28-3)12-18-20(26)24(21(27)29-18)14-19(25)23-10-6-7-11-23/h8-9,12-13H,4-7,10-11,14H2,1-3H3/b18-12-. The number of likely N-dealkylation sites (tertiary alicyclic amines) is 1. The molecule has 0 aliphatic carbocycles. The molecule has 2 heterocycles. The largest absolute Gasteiger partial charge is 0.496 e. The van der Waals surface area contributed by atoms with Crippen LogP contribution in [0.3, 0.4) is 0 Å². The van der Waals surface area contributed by atoms with Crippen molar-refractivity contribution in [1.82, 2.24) is 9.80 Å². The van der Waals surface area contributed by atoms with E-state index in [-0.39, 0.29) is 12.5 Å². The van der Waals surface area contributed by atoms with Crippen molar-refractivity contribution in [2.75, 3.05) is 44.7 Å². The zero-order valence-corrected chi connectivity index (χ0v) is 18.0. The van der Waals surface area contributed by atoms with Gasteiger partial charge in [-0.2, -0.15) is 0 Å². The van der Waals surface area contributed by atoms with Crippen molar-refractivity contribution in [1.29, 1.82) is 0 Å². The van der Waals surface area contributed by atoms with Crippen LogP contribution in [-0.4, -0.2) is 66.7 Å². The van der Waals surface area contributed by atoms with Crippen molar-refractivity contribution in [3.63, 3.8) is 0 Å². The molecule has 2 saturated heterocycles. The third-order valence-electron chi connectivity index (χ3n) is 5.26. The van der Waals surface area contributed by atoms with Crippen molar-refractivity contribution in [2.24, 2.45) is 0 Å². The SMILES string of the molecule is CCN(CC)c1ccc(/C=C2\SC(=O)N(CC(=O)N3CCCC3)C2=O)c(OC)c1. The fourth-order valence-electron chi connectivity index (χ4n) is 3.58. The molecule has 2 aliphatic rings. The third-order valence-corrected chi connectivity index (χ3v) is 6.17. The number of hydrogen-bond acceptors (Lipinski definition) is 6. The van der Waals surface area contributed by atoms with Gasteiger partial charge in [-0.3, -0.25) is 19.3 Å². The first-order valence-electron chi connectivity index (χ1n) is 9.94. The number of anilines is 1. The molecule has 1 aromatic rings. The molecular formula is C21H27N3O4S. The fourth-order valence-corrected chi connectivity index (χ4v) is 4.41. The molecule has 8 heteroatoms. The van der Waals surface area contributed by atoms with E-state index in [2.05, 4.69) is 18.7 Å². The van der Waals surface area contributed by atoms with E-state index in [1.54, 1.807) is 18.1 Å². The van der Waals surface area contributed by atoms with Crippen LogP contribution < -0.4 is 9.64 Å². The number of thioether (sulfide) groups is 1. The first-order chi connectivity index (χ1) is 14.0. The Balaban J connectivity index is 1.78. The summed E-state index contributed by atoms with van der Waals surface area (Å²) in [7, 11) is 1.58. The van der Waals surface area contributed by atoms with E-state index in [4.69, 9.17) is 4.74 Å². The topological polar surface area (TPSA) is 70.2 Å². The molecule has 3 amide bonds. The molecule has 3 rings (SSSR count). The number of carbonyl (C=O) groups excluding carboxylic acids is 3. The predicted octanol–water partition coefficient (Wildman–Crippen LogP) is 3.20. The molecule has 0 radical (unpaired) electrons. The number of amides is 3. The number of nitrogens with zero attached hydrogens (tertiary/aromatic N) is 3. The van der Waals surface area contributed by atoms with Crippen LogP contribution in [0.15, 0.2) is 23.1 Å².